The van der Waals surface area contributed by atoms with Crippen LogP contribution in [-0.2, 0) is 0 Å². The van der Waals surface area contributed by atoms with E-state index in [0.29, 0.717) is 46.7 Å². The molecule has 3 aromatic rings. The van der Waals surface area contributed by atoms with Gasteiger partial charge in [0.2, 0.25) is 5.89 Å². The third-order valence-corrected chi connectivity index (χ3v) is 4.25. The van der Waals surface area contributed by atoms with Crippen molar-refractivity contribution in [3.05, 3.63) is 54.2 Å². The molecule has 0 aliphatic heterocycles. The third kappa shape index (κ3) is 4.17. The van der Waals surface area contributed by atoms with Crippen molar-refractivity contribution in [2.24, 2.45) is 5.92 Å². The molecule has 0 saturated carbocycles. The summed E-state index contributed by atoms with van der Waals surface area (Å²) in [5.74, 6) is 2.45. The van der Waals surface area contributed by atoms with E-state index in [4.69, 9.17) is 13.9 Å². The van der Waals surface area contributed by atoms with Crippen LogP contribution in [0.2, 0.25) is 0 Å². The molecule has 1 amide bonds. The predicted octanol–water partition coefficient (Wildman–Crippen LogP) is 4.41. The largest absolute Gasteiger partial charge is 0.497 e. The van der Waals surface area contributed by atoms with E-state index in [0.717, 1.165) is 5.56 Å². The smallest absolute Gasteiger partial charge is 0.252 e. The Hall–Kier alpha value is -3.28. The van der Waals surface area contributed by atoms with E-state index >= 15 is 0 Å². The summed E-state index contributed by atoms with van der Waals surface area (Å²) in [6.45, 7) is 4.70. The number of carbonyl (C=O) groups excluding carboxylic acids is 1. The highest BCUT2D eigenvalue weighted by Gasteiger charge is 2.18. The number of carbonyl (C=O) groups is 1. The second-order valence-electron chi connectivity index (χ2n) is 6.75. The first-order valence-corrected chi connectivity index (χ1v) is 9.09. The SMILES string of the molecule is COc1ccc(-c2cnc(-c3ccccc3C(=O)NCC(C)C)o2)c(OC)c1. The summed E-state index contributed by atoms with van der Waals surface area (Å²) in [6.07, 6.45) is 1.63. The molecular weight excluding hydrogens is 356 g/mol. The molecule has 0 fully saturated rings. The Kier molecular flexibility index (Phi) is 5.99. The maximum absolute atomic E-state index is 12.6. The van der Waals surface area contributed by atoms with Crippen molar-refractivity contribution in [3.8, 4) is 34.3 Å². The maximum Gasteiger partial charge on any atom is 0.252 e. The zero-order valence-electron chi connectivity index (χ0n) is 16.5. The summed E-state index contributed by atoms with van der Waals surface area (Å²) in [6, 6.07) is 12.7. The van der Waals surface area contributed by atoms with Crippen molar-refractivity contribution in [1.82, 2.24) is 10.3 Å². The van der Waals surface area contributed by atoms with Crippen LogP contribution in [0.5, 0.6) is 11.5 Å². The minimum atomic E-state index is -0.147. The molecule has 1 heterocycles. The van der Waals surface area contributed by atoms with Crippen LogP contribution in [0, 0.1) is 5.92 Å². The van der Waals surface area contributed by atoms with E-state index < -0.39 is 0 Å². The highest BCUT2D eigenvalue weighted by Crippen LogP contribution is 2.35. The molecule has 3 rings (SSSR count). The van der Waals surface area contributed by atoms with Crippen LogP contribution in [-0.4, -0.2) is 31.7 Å². The molecule has 146 valence electrons. The molecular formula is C22H24N2O4. The van der Waals surface area contributed by atoms with E-state index in [-0.39, 0.29) is 5.91 Å². The maximum atomic E-state index is 12.6. The Morgan fingerprint density at radius 3 is 2.61 bits per heavy atom. The standard InChI is InChI=1S/C22H24N2O4/c1-14(2)12-23-21(25)16-7-5-6-8-17(16)22-24-13-20(28-22)18-10-9-15(26-3)11-19(18)27-4/h5-11,13-14H,12H2,1-4H3,(H,23,25). The molecule has 1 N–H and O–H groups in total. The van der Waals surface area contributed by atoms with Crippen LogP contribution in [0.3, 0.4) is 0 Å². The number of ether oxygens (including phenoxy) is 2. The minimum absolute atomic E-state index is 0.147. The molecule has 6 heteroatoms. The van der Waals surface area contributed by atoms with Gasteiger partial charge in [0.1, 0.15) is 11.5 Å². The fraction of sp³-hybridized carbons (Fsp3) is 0.273. The fourth-order valence-electron chi connectivity index (χ4n) is 2.78. The van der Waals surface area contributed by atoms with Gasteiger partial charge in [-0.3, -0.25) is 4.79 Å². The van der Waals surface area contributed by atoms with E-state index in [1.165, 1.54) is 0 Å². The minimum Gasteiger partial charge on any atom is -0.497 e. The third-order valence-electron chi connectivity index (χ3n) is 4.25. The van der Waals surface area contributed by atoms with Gasteiger partial charge in [0.15, 0.2) is 5.76 Å². The fourth-order valence-corrected chi connectivity index (χ4v) is 2.78. The lowest BCUT2D eigenvalue weighted by molar-refractivity contribution is 0.0949. The number of hydrogen-bond donors (Lipinski definition) is 1. The number of methoxy groups -OCH3 is 2. The Labute approximate surface area is 164 Å². The summed E-state index contributed by atoms with van der Waals surface area (Å²) < 4.78 is 16.7. The molecule has 2 aromatic carbocycles. The molecule has 0 aliphatic carbocycles. The van der Waals surface area contributed by atoms with Gasteiger partial charge in [-0.05, 0) is 30.2 Å². The summed E-state index contributed by atoms with van der Waals surface area (Å²) in [7, 11) is 3.19. The zero-order chi connectivity index (χ0) is 20.1. The Morgan fingerprint density at radius 2 is 1.89 bits per heavy atom. The average Bonchev–Trinajstić information content (AvgIpc) is 3.21. The van der Waals surface area contributed by atoms with E-state index in [1.54, 1.807) is 32.5 Å². The molecule has 0 atom stereocenters. The zero-order valence-corrected chi connectivity index (χ0v) is 16.5. The van der Waals surface area contributed by atoms with Crippen LogP contribution < -0.4 is 14.8 Å². The summed E-state index contributed by atoms with van der Waals surface area (Å²) >= 11 is 0. The lowest BCUT2D eigenvalue weighted by Gasteiger charge is -2.10. The number of nitrogens with zero attached hydrogens (tertiary/aromatic N) is 1. The van der Waals surface area contributed by atoms with Gasteiger partial charge in [-0.25, -0.2) is 4.98 Å². The molecule has 0 spiro atoms. The Morgan fingerprint density at radius 1 is 1.11 bits per heavy atom. The molecule has 0 bridgehead atoms. The van der Waals surface area contributed by atoms with E-state index in [9.17, 15) is 4.79 Å². The van der Waals surface area contributed by atoms with Crippen molar-refractivity contribution in [1.29, 1.82) is 0 Å². The van der Waals surface area contributed by atoms with Crippen LogP contribution in [0.4, 0.5) is 0 Å². The molecule has 0 radical (unpaired) electrons. The highest BCUT2D eigenvalue weighted by molar-refractivity contribution is 6.00. The lowest BCUT2D eigenvalue weighted by atomic mass is 10.1. The van der Waals surface area contributed by atoms with Crippen LogP contribution in [0.25, 0.3) is 22.8 Å². The number of amides is 1. The predicted molar refractivity (Wildman–Crippen MR) is 108 cm³/mol. The van der Waals surface area contributed by atoms with Crippen molar-refractivity contribution in [3.63, 3.8) is 0 Å². The topological polar surface area (TPSA) is 73.6 Å². The van der Waals surface area contributed by atoms with Gasteiger partial charge in [0, 0.05) is 18.2 Å². The van der Waals surface area contributed by atoms with Gasteiger partial charge >= 0.3 is 0 Å². The normalized spacial score (nSPS) is 10.8. The van der Waals surface area contributed by atoms with Gasteiger partial charge in [0.05, 0.1) is 31.5 Å². The van der Waals surface area contributed by atoms with Gasteiger partial charge < -0.3 is 19.2 Å². The summed E-state index contributed by atoms with van der Waals surface area (Å²) in [4.78, 5) is 17.0. The highest BCUT2D eigenvalue weighted by atomic mass is 16.5. The van der Waals surface area contributed by atoms with Crippen molar-refractivity contribution in [2.45, 2.75) is 13.8 Å². The van der Waals surface area contributed by atoms with E-state index in [2.05, 4.69) is 24.1 Å². The number of hydrogen-bond acceptors (Lipinski definition) is 5. The van der Waals surface area contributed by atoms with Crippen molar-refractivity contribution < 1.29 is 18.7 Å². The van der Waals surface area contributed by atoms with Crippen LogP contribution in [0.15, 0.2) is 53.1 Å². The monoisotopic (exact) mass is 380 g/mol. The van der Waals surface area contributed by atoms with Crippen molar-refractivity contribution >= 4 is 5.91 Å². The van der Waals surface area contributed by atoms with Gasteiger partial charge in [-0.2, -0.15) is 0 Å². The number of oxazole rings is 1. The van der Waals surface area contributed by atoms with E-state index in [1.807, 2.05) is 30.3 Å². The number of rotatable bonds is 7. The lowest BCUT2D eigenvalue weighted by Crippen LogP contribution is -2.27. The quantitative estimate of drug-likeness (QED) is 0.657. The number of aromatic nitrogens is 1. The first-order chi connectivity index (χ1) is 13.5. The molecule has 28 heavy (non-hydrogen) atoms. The summed E-state index contributed by atoms with van der Waals surface area (Å²) in [5, 5.41) is 2.94. The first-order valence-electron chi connectivity index (χ1n) is 9.09. The average molecular weight is 380 g/mol. The van der Waals surface area contributed by atoms with Gasteiger partial charge in [-0.1, -0.05) is 26.0 Å². The number of nitrogens with one attached hydrogen (secondary N) is 1. The molecule has 1 aromatic heterocycles. The number of benzene rings is 2. The van der Waals surface area contributed by atoms with Crippen LogP contribution in [0.1, 0.15) is 24.2 Å². The Balaban J connectivity index is 1.94. The summed E-state index contributed by atoms with van der Waals surface area (Å²) in [5.41, 5.74) is 1.92. The van der Waals surface area contributed by atoms with Crippen molar-refractivity contribution in [2.75, 3.05) is 20.8 Å². The van der Waals surface area contributed by atoms with Gasteiger partial charge in [-0.15, -0.1) is 0 Å². The Bertz CT molecular complexity index is 963. The van der Waals surface area contributed by atoms with Gasteiger partial charge in [0.25, 0.3) is 5.91 Å². The molecule has 6 nitrogen and oxygen atoms in total. The first kappa shape index (κ1) is 19.5. The second-order valence-corrected chi connectivity index (χ2v) is 6.75. The molecule has 0 saturated heterocycles. The molecule has 0 unspecified atom stereocenters. The molecule has 0 aliphatic rings. The van der Waals surface area contributed by atoms with Crippen LogP contribution >= 0.6 is 0 Å². The second kappa shape index (κ2) is 8.61.